The second kappa shape index (κ2) is 7.90. The van der Waals surface area contributed by atoms with Crippen LogP contribution >= 0.6 is 15.9 Å². The lowest BCUT2D eigenvalue weighted by molar-refractivity contribution is 0.355. The van der Waals surface area contributed by atoms with Gasteiger partial charge in [-0.2, -0.15) is 0 Å². The number of hydrogen-bond acceptors (Lipinski definition) is 2. The summed E-state index contributed by atoms with van der Waals surface area (Å²) in [6.45, 7) is 11.3. The van der Waals surface area contributed by atoms with Crippen LogP contribution in [-0.2, 0) is 6.42 Å². The molecule has 18 heavy (non-hydrogen) atoms. The lowest BCUT2D eigenvalue weighted by Crippen LogP contribution is -2.29. The molecule has 0 radical (unpaired) electrons. The fourth-order valence-corrected chi connectivity index (χ4v) is 2.09. The van der Waals surface area contributed by atoms with Crippen LogP contribution in [0, 0.1) is 17.8 Å². The normalized spacial score (nSPS) is 14.8. The predicted molar refractivity (Wildman–Crippen MR) is 81.7 cm³/mol. The molecular formula is C15H25BrN2. The summed E-state index contributed by atoms with van der Waals surface area (Å²) in [6, 6.07) is 4.17. The molecule has 0 saturated carbocycles. The van der Waals surface area contributed by atoms with E-state index >= 15 is 0 Å². The first-order valence-electron chi connectivity index (χ1n) is 6.80. The highest BCUT2D eigenvalue weighted by Crippen LogP contribution is 2.16. The van der Waals surface area contributed by atoms with E-state index in [1.54, 1.807) is 0 Å². The molecule has 0 aromatic carbocycles. The molecule has 0 fully saturated rings. The monoisotopic (exact) mass is 312 g/mol. The number of rotatable bonds is 7. The van der Waals surface area contributed by atoms with E-state index in [2.05, 4.69) is 66.1 Å². The maximum absolute atomic E-state index is 4.44. The van der Waals surface area contributed by atoms with E-state index in [-0.39, 0.29) is 0 Å². The van der Waals surface area contributed by atoms with Crippen LogP contribution in [0.4, 0.5) is 0 Å². The average molecular weight is 313 g/mol. The quantitative estimate of drug-likeness (QED) is 0.826. The third kappa shape index (κ3) is 5.96. The molecule has 0 saturated heterocycles. The van der Waals surface area contributed by atoms with E-state index < -0.39 is 0 Å². The Hall–Kier alpha value is -0.410. The highest BCUT2D eigenvalue weighted by molar-refractivity contribution is 9.10. The van der Waals surface area contributed by atoms with E-state index in [1.807, 2.05) is 6.20 Å². The van der Waals surface area contributed by atoms with Crippen molar-refractivity contribution < 1.29 is 0 Å². The minimum Gasteiger partial charge on any atom is -0.316 e. The first-order valence-corrected chi connectivity index (χ1v) is 7.59. The molecule has 0 bridgehead atoms. The predicted octanol–water partition coefficient (Wildman–Crippen LogP) is 3.90. The van der Waals surface area contributed by atoms with Gasteiger partial charge in [0.25, 0.3) is 0 Å². The van der Waals surface area contributed by atoms with E-state index in [9.17, 15) is 0 Å². The zero-order chi connectivity index (χ0) is 13.5. The fourth-order valence-electron chi connectivity index (χ4n) is 1.86. The molecule has 0 spiro atoms. The summed E-state index contributed by atoms with van der Waals surface area (Å²) in [6.07, 6.45) is 2.93. The van der Waals surface area contributed by atoms with Gasteiger partial charge >= 0.3 is 0 Å². The van der Waals surface area contributed by atoms with Crippen LogP contribution in [0.25, 0.3) is 0 Å². The Balaban J connectivity index is 2.35. The molecule has 0 aliphatic rings. The number of aromatic nitrogens is 1. The minimum atomic E-state index is 0.651. The summed E-state index contributed by atoms with van der Waals surface area (Å²) in [7, 11) is 0. The van der Waals surface area contributed by atoms with Gasteiger partial charge in [0.05, 0.1) is 0 Å². The number of halogens is 1. The van der Waals surface area contributed by atoms with Gasteiger partial charge in [-0.15, -0.1) is 0 Å². The van der Waals surface area contributed by atoms with Gasteiger partial charge in [0, 0.05) is 16.4 Å². The first-order chi connectivity index (χ1) is 8.49. The van der Waals surface area contributed by atoms with Gasteiger partial charge in [0.15, 0.2) is 0 Å². The molecule has 1 rings (SSSR count). The third-order valence-electron chi connectivity index (χ3n) is 3.31. The summed E-state index contributed by atoms with van der Waals surface area (Å²) in [5, 5.41) is 3.53. The van der Waals surface area contributed by atoms with Crippen LogP contribution in [0.5, 0.6) is 0 Å². The van der Waals surface area contributed by atoms with Crippen molar-refractivity contribution in [2.45, 2.75) is 34.1 Å². The number of hydrogen-bond donors (Lipinski definition) is 1. The molecule has 1 aromatic rings. The van der Waals surface area contributed by atoms with Crippen molar-refractivity contribution in [2.75, 3.05) is 13.1 Å². The molecule has 3 heteroatoms. The standard InChI is InChI=1S/C15H25BrN2/c1-11(2)8-17-9-13(4)12(3)7-15-6-5-14(16)10-18-15/h5-6,10-13,17H,7-9H2,1-4H3. The Bertz CT molecular complexity index is 335. The second-order valence-corrected chi connectivity index (χ2v) is 6.59. The highest BCUT2D eigenvalue weighted by atomic mass is 79.9. The van der Waals surface area contributed by atoms with E-state index in [4.69, 9.17) is 0 Å². The van der Waals surface area contributed by atoms with Crippen LogP contribution in [0.1, 0.15) is 33.4 Å². The Labute approximate surface area is 120 Å². The number of pyridine rings is 1. The van der Waals surface area contributed by atoms with Crippen molar-refractivity contribution >= 4 is 15.9 Å². The first kappa shape index (κ1) is 15.6. The number of nitrogens with one attached hydrogen (secondary N) is 1. The molecule has 2 unspecified atom stereocenters. The molecule has 102 valence electrons. The number of nitrogens with zero attached hydrogens (tertiary/aromatic N) is 1. The summed E-state index contributed by atoms with van der Waals surface area (Å²) in [4.78, 5) is 4.44. The Morgan fingerprint density at radius 3 is 2.39 bits per heavy atom. The van der Waals surface area contributed by atoms with Gasteiger partial charge < -0.3 is 5.32 Å². The van der Waals surface area contributed by atoms with Gasteiger partial charge in [0.2, 0.25) is 0 Å². The van der Waals surface area contributed by atoms with Crippen LogP contribution in [0.15, 0.2) is 22.8 Å². The Morgan fingerprint density at radius 1 is 1.11 bits per heavy atom. The van der Waals surface area contributed by atoms with Crippen molar-refractivity contribution in [3.63, 3.8) is 0 Å². The van der Waals surface area contributed by atoms with Crippen molar-refractivity contribution in [3.05, 3.63) is 28.5 Å². The molecule has 2 nitrogen and oxygen atoms in total. The molecule has 0 aliphatic heterocycles. The Morgan fingerprint density at radius 2 is 1.83 bits per heavy atom. The Kier molecular flexibility index (Phi) is 6.87. The van der Waals surface area contributed by atoms with E-state index in [0.717, 1.165) is 29.9 Å². The molecule has 2 atom stereocenters. The summed E-state index contributed by atoms with van der Waals surface area (Å²) in [5.74, 6) is 2.05. The van der Waals surface area contributed by atoms with Crippen LogP contribution in [-0.4, -0.2) is 18.1 Å². The van der Waals surface area contributed by atoms with Crippen molar-refractivity contribution in [2.24, 2.45) is 17.8 Å². The maximum atomic E-state index is 4.44. The average Bonchev–Trinajstić information content (AvgIpc) is 2.31. The zero-order valence-corrected chi connectivity index (χ0v) is 13.5. The molecular weight excluding hydrogens is 288 g/mol. The van der Waals surface area contributed by atoms with Crippen LogP contribution in [0.2, 0.25) is 0 Å². The van der Waals surface area contributed by atoms with Crippen LogP contribution in [0.3, 0.4) is 0 Å². The van der Waals surface area contributed by atoms with Gasteiger partial charge in [-0.25, -0.2) is 0 Å². The molecule has 1 N–H and O–H groups in total. The minimum absolute atomic E-state index is 0.651. The molecule has 1 heterocycles. The second-order valence-electron chi connectivity index (χ2n) is 5.68. The zero-order valence-electron chi connectivity index (χ0n) is 11.9. The summed E-state index contributed by atoms with van der Waals surface area (Å²) >= 11 is 3.42. The largest absolute Gasteiger partial charge is 0.316 e. The maximum Gasteiger partial charge on any atom is 0.0413 e. The van der Waals surface area contributed by atoms with Gasteiger partial charge in [0.1, 0.15) is 0 Å². The van der Waals surface area contributed by atoms with Crippen LogP contribution < -0.4 is 5.32 Å². The van der Waals surface area contributed by atoms with Gasteiger partial charge in [-0.1, -0.05) is 27.7 Å². The lowest BCUT2D eigenvalue weighted by atomic mass is 9.91. The van der Waals surface area contributed by atoms with Crippen molar-refractivity contribution in [3.8, 4) is 0 Å². The van der Waals surface area contributed by atoms with E-state index in [1.165, 1.54) is 5.69 Å². The smallest absolute Gasteiger partial charge is 0.0413 e. The van der Waals surface area contributed by atoms with Gasteiger partial charge in [-0.05, 0) is 65.3 Å². The SMILES string of the molecule is CC(C)CNCC(C)C(C)Cc1ccc(Br)cn1. The molecule has 0 aliphatic carbocycles. The molecule has 0 amide bonds. The summed E-state index contributed by atoms with van der Waals surface area (Å²) in [5.41, 5.74) is 1.18. The van der Waals surface area contributed by atoms with E-state index in [0.29, 0.717) is 11.8 Å². The van der Waals surface area contributed by atoms with Crippen molar-refractivity contribution in [1.29, 1.82) is 0 Å². The van der Waals surface area contributed by atoms with Crippen molar-refractivity contribution in [1.82, 2.24) is 10.3 Å². The lowest BCUT2D eigenvalue weighted by Gasteiger charge is -2.20. The van der Waals surface area contributed by atoms with Gasteiger partial charge in [-0.3, -0.25) is 4.98 Å². The highest BCUT2D eigenvalue weighted by Gasteiger charge is 2.13. The fraction of sp³-hybridized carbons (Fsp3) is 0.667. The molecule has 1 aromatic heterocycles. The third-order valence-corrected chi connectivity index (χ3v) is 3.78. The topological polar surface area (TPSA) is 24.9 Å². The summed E-state index contributed by atoms with van der Waals surface area (Å²) < 4.78 is 1.05.